The van der Waals surface area contributed by atoms with E-state index >= 15 is 0 Å². The van der Waals surface area contributed by atoms with Crippen LogP contribution < -0.4 is 5.48 Å². The summed E-state index contributed by atoms with van der Waals surface area (Å²) in [7, 11) is 0. The van der Waals surface area contributed by atoms with Gasteiger partial charge in [0.05, 0.1) is 11.7 Å². The molecule has 0 radical (unpaired) electrons. The number of nitrogens with zero attached hydrogens (tertiary/aromatic N) is 2. The van der Waals surface area contributed by atoms with E-state index in [1.807, 2.05) is 0 Å². The fraction of sp³-hybridized carbons (Fsp3) is 0.444. The van der Waals surface area contributed by atoms with Crippen LogP contribution in [-0.4, -0.2) is 22.3 Å². The Bertz CT molecular complexity index is 417. The van der Waals surface area contributed by atoms with Gasteiger partial charge < -0.3 is 4.84 Å². The highest BCUT2D eigenvalue weighted by Crippen LogP contribution is 2.45. The first-order chi connectivity index (χ1) is 7.94. The second-order valence-corrected chi connectivity index (χ2v) is 3.70. The number of hydroxylamine groups is 1. The van der Waals surface area contributed by atoms with Crippen molar-refractivity contribution >= 4 is 5.97 Å². The molecule has 17 heavy (non-hydrogen) atoms. The van der Waals surface area contributed by atoms with Crippen molar-refractivity contribution in [3.05, 3.63) is 24.0 Å². The highest BCUT2D eigenvalue weighted by Gasteiger charge is 2.49. The van der Waals surface area contributed by atoms with Crippen LogP contribution in [0.15, 0.2) is 18.5 Å². The Balaban J connectivity index is 1.99. The van der Waals surface area contributed by atoms with Gasteiger partial charge in [0.25, 0.3) is 0 Å². The molecule has 0 atom stereocenters. The summed E-state index contributed by atoms with van der Waals surface area (Å²) < 4.78 is 35.7. The summed E-state index contributed by atoms with van der Waals surface area (Å²) in [5.74, 6) is -2.26. The minimum Gasteiger partial charge on any atom is -0.363 e. The van der Waals surface area contributed by atoms with E-state index in [1.54, 1.807) is 6.07 Å². The molecule has 92 valence electrons. The standard InChI is InChI=1S/C9H8F3N3O2/c10-9(11,12)7(16)17-15-8(2-3-8)6-1-4-13-14-5-6/h1,4-5,15H,2-3H2. The maximum Gasteiger partial charge on any atom is 0.492 e. The first-order valence-corrected chi connectivity index (χ1v) is 4.76. The molecule has 1 aliphatic carbocycles. The van der Waals surface area contributed by atoms with Crippen LogP contribution >= 0.6 is 0 Å². The van der Waals surface area contributed by atoms with Crippen LogP contribution in [0.5, 0.6) is 0 Å². The summed E-state index contributed by atoms with van der Waals surface area (Å²) in [4.78, 5) is 14.6. The zero-order valence-electron chi connectivity index (χ0n) is 8.49. The minimum absolute atomic E-state index is 0.573. The fourth-order valence-corrected chi connectivity index (χ4v) is 1.35. The highest BCUT2D eigenvalue weighted by atomic mass is 19.4. The van der Waals surface area contributed by atoms with Crippen LogP contribution in [-0.2, 0) is 15.2 Å². The van der Waals surface area contributed by atoms with E-state index in [9.17, 15) is 18.0 Å². The predicted molar refractivity (Wildman–Crippen MR) is 48.2 cm³/mol. The Morgan fingerprint density at radius 3 is 2.59 bits per heavy atom. The highest BCUT2D eigenvalue weighted by molar-refractivity contribution is 5.75. The van der Waals surface area contributed by atoms with Crippen LogP contribution in [0, 0.1) is 0 Å². The Morgan fingerprint density at radius 1 is 1.41 bits per heavy atom. The maximum atomic E-state index is 11.9. The van der Waals surface area contributed by atoms with Gasteiger partial charge in [-0.05, 0) is 24.5 Å². The molecule has 1 fully saturated rings. The first-order valence-electron chi connectivity index (χ1n) is 4.76. The second kappa shape index (κ2) is 3.95. The van der Waals surface area contributed by atoms with E-state index < -0.39 is 17.7 Å². The van der Waals surface area contributed by atoms with Crippen LogP contribution in [0.3, 0.4) is 0 Å². The summed E-state index contributed by atoms with van der Waals surface area (Å²) in [5.41, 5.74) is 2.04. The minimum atomic E-state index is -5.00. The van der Waals surface area contributed by atoms with Crippen molar-refractivity contribution in [3.8, 4) is 0 Å². The molecule has 0 saturated heterocycles. The lowest BCUT2D eigenvalue weighted by Crippen LogP contribution is -2.37. The zero-order chi connectivity index (χ0) is 12.5. The van der Waals surface area contributed by atoms with Gasteiger partial charge in [-0.2, -0.15) is 23.4 Å². The number of alkyl halides is 3. The molecule has 1 heterocycles. The lowest BCUT2D eigenvalue weighted by molar-refractivity contribution is -0.209. The maximum absolute atomic E-state index is 11.9. The molecule has 1 saturated carbocycles. The zero-order valence-corrected chi connectivity index (χ0v) is 8.49. The van der Waals surface area contributed by atoms with Crippen molar-refractivity contribution < 1.29 is 22.8 Å². The lowest BCUT2D eigenvalue weighted by Gasteiger charge is -2.16. The molecule has 0 spiro atoms. The molecule has 0 unspecified atom stereocenters. The first kappa shape index (κ1) is 11.8. The number of rotatable bonds is 3. The van der Waals surface area contributed by atoms with Gasteiger partial charge in [-0.25, -0.2) is 4.79 Å². The average molecular weight is 247 g/mol. The van der Waals surface area contributed by atoms with Crippen molar-refractivity contribution in [2.24, 2.45) is 0 Å². The fourth-order valence-electron chi connectivity index (χ4n) is 1.35. The van der Waals surface area contributed by atoms with E-state index in [2.05, 4.69) is 20.5 Å². The monoisotopic (exact) mass is 247 g/mol. The number of aromatic nitrogens is 2. The summed E-state index contributed by atoms with van der Waals surface area (Å²) in [6.45, 7) is 0. The van der Waals surface area contributed by atoms with Gasteiger partial charge in [-0.1, -0.05) is 0 Å². The quantitative estimate of drug-likeness (QED) is 0.809. The van der Waals surface area contributed by atoms with Gasteiger partial charge in [0.15, 0.2) is 0 Å². The van der Waals surface area contributed by atoms with E-state index in [4.69, 9.17) is 0 Å². The molecule has 8 heteroatoms. The van der Waals surface area contributed by atoms with Gasteiger partial charge in [-0.15, -0.1) is 5.48 Å². The van der Waals surface area contributed by atoms with E-state index in [1.165, 1.54) is 12.4 Å². The molecule has 0 aromatic carbocycles. The molecule has 1 N–H and O–H groups in total. The van der Waals surface area contributed by atoms with E-state index in [0.29, 0.717) is 18.4 Å². The molecule has 5 nitrogen and oxygen atoms in total. The molecule has 0 amide bonds. The van der Waals surface area contributed by atoms with Gasteiger partial charge in [0.2, 0.25) is 0 Å². The molecular formula is C9H8F3N3O2. The van der Waals surface area contributed by atoms with Crippen LogP contribution in [0.4, 0.5) is 13.2 Å². The van der Waals surface area contributed by atoms with Gasteiger partial charge >= 0.3 is 12.1 Å². The van der Waals surface area contributed by atoms with E-state index in [-0.39, 0.29) is 0 Å². The predicted octanol–water partition coefficient (Wildman–Crippen LogP) is 1.08. The number of halogens is 3. The molecule has 0 aliphatic heterocycles. The third-order valence-corrected chi connectivity index (χ3v) is 2.46. The molecule has 1 aliphatic rings. The van der Waals surface area contributed by atoms with Crippen LogP contribution in [0.1, 0.15) is 18.4 Å². The smallest absolute Gasteiger partial charge is 0.363 e. The Morgan fingerprint density at radius 2 is 2.12 bits per heavy atom. The van der Waals surface area contributed by atoms with Crippen molar-refractivity contribution in [3.63, 3.8) is 0 Å². The number of nitrogens with one attached hydrogen (secondary N) is 1. The topological polar surface area (TPSA) is 64.1 Å². The van der Waals surface area contributed by atoms with Crippen LogP contribution in [0.25, 0.3) is 0 Å². The van der Waals surface area contributed by atoms with Crippen molar-refractivity contribution in [2.75, 3.05) is 0 Å². The Hall–Kier alpha value is -1.70. The summed E-state index contributed by atoms with van der Waals surface area (Å²) in [6, 6.07) is 1.61. The molecule has 2 rings (SSSR count). The second-order valence-electron chi connectivity index (χ2n) is 3.70. The molecular weight excluding hydrogens is 239 g/mol. The summed E-state index contributed by atoms with van der Waals surface area (Å²) >= 11 is 0. The number of hydrogen-bond donors (Lipinski definition) is 1. The SMILES string of the molecule is O=C(ONC1(c2ccnnc2)CC1)C(F)(F)F. The molecule has 1 aromatic heterocycles. The normalized spacial score (nSPS) is 17.6. The lowest BCUT2D eigenvalue weighted by atomic mass is 10.1. The number of carbonyl (C=O) groups excluding carboxylic acids is 1. The van der Waals surface area contributed by atoms with Gasteiger partial charge in [0, 0.05) is 6.20 Å². The van der Waals surface area contributed by atoms with Gasteiger partial charge in [-0.3, -0.25) is 0 Å². The van der Waals surface area contributed by atoms with Crippen molar-refractivity contribution in [1.82, 2.24) is 15.7 Å². The van der Waals surface area contributed by atoms with E-state index in [0.717, 1.165) is 0 Å². The number of carbonyl (C=O) groups is 1. The Labute approximate surface area is 93.9 Å². The van der Waals surface area contributed by atoms with Crippen molar-refractivity contribution in [2.45, 2.75) is 24.6 Å². The molecule has 1 aromatic rings. The summed E-state index contributed by atoms with van der Waals surface area (Å²) in [5, 5.41) is 7.17. The number of hydrogen-bond acceptors (Lipinski definition) is 5. The van der Waals surface area contributed by atoms with Crippen molar-refractivity contribution in [1.29, 1.82) is 0 Å². The van der Waals surface area contributed by atoms with Crippen LogP contribution in [0.2, 0.25) is 0 Å². The Kier molecular flexibility index (Phi) is 2.74. The largest absolute Gasteiger partial charge is 0.492 e. The molecule has 0 bridgehead atoms. The summed E-state index contributed by atoms with van der Waals surface area (Å²) in [6.07, 6.45) is -1.02. The van der Waals surface area contributed by atoms with Gasteiger partial charge in [0.1, 0.15) is 0 Å². The third kappa shape index (κ3) is 2.52. The average Bonchev–Trinajstić information content (AvgIpc) is 3.07. The third-order valence-electron chi connectivity index (χ3n) is 2.46.